The molecule has 0 aromatic heterocycles. The molecule has 0 saturated heterocycles. The maximum atomic E-state index is 5.87. The van der Waals surface area contributed by atoms with Crippen LogP contribution in [0.3, 0.4) is 0 Å². The third kappa shape index (κ3) is 3.16. The van der Waals surface area contributed by atoms with Crippen molar-refractivity contribution in [3.05, 3.63) is 25.7 Å². The van der Waals surface area contributed by atoms with Gasteiger partial charge >= 0.3 is 0 Å². The lowest BCUT2D eigenvalue weighted by molar-refractivity contribution is 0.0511. The Balaban J connectivity index is 2.88. The maximum Gasteiger partial charge on any atom is 0.188 e. The van der Waals surface area contributed by atoms with Crippen molar-refractivity contribution in [3.8, 4) is 5.75 Å². The van der Waals surface area contributed by atoms with Crippen LogP contribution in [0.5, 0.6) is 5.75 Å². The molecule has 0 N–H and O–H groups in total. The Morgan fingerprint density at radius 2 is 2.00 bits per heavy atom. The van der Waals surface area contributed by atoms with Crippen LogP contribution in [0.2, 0.25) is 10.0 Å². The topological polar surface area (TPSA) is 18.5 Å². The average molecular weight is 333 g/mol. The highest BCUT2D eigenvalue weighted by Gasteiger charge is 2.05. The van der Waals surface area contributed by atoms with E-state index in [9.17, 15) is 0 Å². The summed E-state index contributed by atoms with van der Waals surface area (Å²) in [7, 11) is 1.55. The lowest BCUT2D eigenvalue weighted by Crippen LogP contribution is -1.99. The molecule has 0 atom stereocenters. The van der Waals surface area contributed by atoms with Crippen molar-refractivity contribution in [1.29, 1.82) is 0 Å². The molecule has 0 heterocycles. The van der Waals surface area contributed by atoms with E-state index in [2.05, 4.69) is 22.6 Å². The molecular weight excluding hydrogens is 326 g/mol. The van der Waals surface area contributed by atoms with Crippen LogP contribution in [-0.4, -0.2) is 13.9 Å². The fraction of sp³-hybridized carbons (Fsp3) is 0.250. The predicted octanol–water partition coefficient (Wildman–Crippen LogP) is 3.58. The first-order valence-electron chi connectivity index (χ1n) is 3.41. The zero-order valence-electron chi connectivity index (χ0n) is 6.81. The molecule has 1 aromatic carbocycles. The largest absolute Gasteiger partial charge is 0.466 e. The van der Waals surface area contributed by atoms with Crippen LogP contribution < -0.4 is 4.74 Å². The van der Waals surface area contributed by atoms with Gasteiger partial charge in [-0.2, -0.15) is 0 Å². The van der Waals surface area contributed by atoms with Crippen LogP contribution in [-0.2, 0) is 4.74 Å². The summed E-state index contributed by atoms with van der Waals surface area (Å²) in [4.78, 5) is 0. The lowest BCUT2D eigenvalue weighted by Gasteiger charge is -2.07. The maximum absolute atomic E-state index is 5.87. The average Bonchev–Trinajstić information content (AvgIpc) is 2.09. The van der Waals surface area contributed by atoms with Gasteiger partial charge in [-0.25, -0.2) is 0 Å². The first-order chi connectivity index (χ1) is 6.15. The number of ether oxygens (including phenoxy) is 2. The number of rotatable bonds is 3. The van der Waals surface area contributed by atoms with Crippen molar-refractivity contribution in [1.82, 2.24) is 0 Å². The molecule has 0 bridgehead atoms. The van der Waals surface area contributed by atoms with Gasteiger partial charge in [0.15, 0.2) is 6.79 Å². The van der Waals surface area contributed by atoms with Crippen LogP contribution in [0.1, 0.15) is 0 Å². The van der Waals surface area contributed by atoms with E-state index in [1.165, 1.54) is 0 Å². The Morgan fingerprint density at radius 1 is 1.31 bits per heavy atom. The molecule has 0 amide bonds. The number of hydrogen-bond donors (Lipinski definition) is 0. The standard InChI is InChI=1S/C8H7Cl2IO2/c1-12-4-13-8-3-7(11)5(9)2-6(8)10/h2-3H,4H2,1H3. The first kappa shape index (κ1) is 11.4. The summed E-state index contributed by atoms with van der Waals surface area (Å²) in [6.07, 6.45) is 0. The molecule has 0 spiro atoms. The van der Waals surface area contributed by atoms with Gasteiger partial charge in [-0.1, -0.05) is 23.2 Å². The van der Waals surface area contributed by atoms with Crippen LogP contribution in [0, 0.1) is 3.57 Å². The van der Waals surface area contributed by atoms with Gasteiger partial charge in [-0.3, -0.25) is 0 Å². The zero-order chi connectivity index (χ0) is 9.84. The van der Waals surface area contributed by atoms with Gasteiger partial charge in [-0.05, 0) is 34.7 Å². The summed E-state index contributed by atoms with van der Waals surface area (Å²) in [5, 5.41) is 1.11. The van der Waals surface area contributed by atoms with Crippen molar-refractivity contribution < 1.29 is 9.47 Å². The SMILES string of the molecule is COCOc1cc(I)c(Cl)cc1Cl. The molecule has 0 aliphatic carbocycles. The quantitative estimate of drug-likeness (QED) is 0.478. The van der Waals surface area contributed by atoms with Crippen molar-refractivity contribution in [2.45, 2.75) is 0 Å². The van der Waals surface area contributed by atoms with E-state index in [-0.39, 0.29) is 6.79 Å². The summed E-state index contributed by atoms with van der Waals surface area (Å²) in [6, 6.07) is 3.42. The highest BCUT2D eigenvalue weighted by molar-refractivity contribution is 14.1. The van der Waals surface area contributed by atoms with E-state index >= 15 is 0 Å². The molecule has 1 rings (SSSR count). The molecule has 72 valence electrons. The Morgan fingerprint density at radius 3 is 2.62 bits per heavy atom. The minimum Gasteiger partial charge on any atom is -0.466 e. The van der Waals surface area contributed by atoms with E-state index in [1.54, 1.807) is 19.2 Å². The molecule has 13 heavy (non-hydrogen) atoms. The molecule has 0 aliphatic rings. The third-order valence-electron chi connectivity index (χ3n) is 1.31. The van der Waals surface area contributed by atoms with Gasteiger partial charge in [0.1, 0.15) is 5.75 Å². The number of hydrogen-bond acceptors (Lipinski definition) is 2. The third-order valence-corrected chi connectivity index (χ3v) is 3.13. The smallest absolute Gasteiger partial charge is 0.188 e. The summed E-state index contributed by atoms with van der Waals surface area (Å²) < 4.78 is 10.9. The molecule has 0 aliphatic heterocycles. The molecule has 1 aromatic rings. The van der Waals surface area contributed by atoms with Gasteiger partial charge in [0.25, 0.3) is 0 Å². The van der Waals surface area contributed by atoms with Crippen molar-refractivity contribution in [2.75, 3.05) is 13.9 Å². The summed E-state index contributed by atoms with van der Waals surface area (Å²) in [6.45, 7) is 0.178. The zero-order valence-corrected chi connectivity index (χ0v) is 10.5. The fourth-order valence-electron chi connectivity index (χ4n) is 0.737. The fourth-order valence-corrected chi connectivity index (χ4v) is 1.61. The molecule has 0 fully saturated rings. The number of halogens is 3. The molecule has 0 radical (unpaired) electrons. The second-order valence-electron chi connectivity index (χ2n) is 2.25. The summed E-state index contributed by atoms with van der Waals surface area (Å²) in [5.74, 6) is 0.581. The second-order valence-corrected chi connectivity index (χ2v) is 4.22. The molecule has 0 unspecified atom stereocenters. The first-order valence-corrected chi connectivity index (χ1v) is 5.25. The van der Waals surface area contributed by atoms with Crippen LogP contribution in [0.4, 0.5) is 0 Å². The molecular formula is C8H7Cl2IO2. The van der Waals surface area contributed by atoms with Gasteiger partial charge < -0.3 is 9.47 Å². The van der Waals surface area contributed by atoms with E-state index in [4.69, 9.17) is 32.7 Å². The lowest BCUT2D eigenvalue weighted by atomic mass is 10.3. The van der Waals surface area contributed by atoms with E-state index < -0.39 is 0 Å². The predicted molar refractivity (Wildman–Crippen MR) is 61.7 cm³/mol. The van der Waals surface area contributed by atoms with Crippen LogP contribution in [0.25, 0.3) is 0 Å². The Hall–Kier alpha value is 0.290. The highest BCUT2D eigenvalue weighted by atomic mass is 127. The number of methoxy groups -OCH3 is 1. The minimum absolute atomic E-state index is 0.178. The van der Waals surface area contributed by atoms with Gasteiger partial charge in [0.2, 0.25) is 0 Å². The van der Waals surface area contributed by atoms with E-state index in [0.717, 1.165) is 3.57 Å². The Labute approximate surface area is 100 Å². The number of benzene rings is 1. The van der Waals surface area contributed by atoms with Crippen molar-refractivity contribution in [2.24, 2.45) is 0 Å². The summed E-state index contributed by atoms with van der Waals surface area (Å²) in [5.41, 5.74) is 0. The normalized spacial score (nSPS) is 10.2. The van der Waals surface area contributed by atoms with Gasteiger partial charge in [-0.15, -0.1) is 0 Å². The monoisotopic (exact) mass is 332 g/mol. The van der Waals surface area contributed by atoms with Crippen LogP contribution in [0.15, 0.2) is 12.1 Å². The van der Waals surface area contributed by atoms with Crippen molar-refractivity contribution >= 4 is 45.8 Å². The highest BCUT2D eigenvalue weighted by Crippen LogP contribution is 2.31. The molecule has 0 saturated carbocycles. The second kappa shape index (κ2) is 5.24. The van der Waals surface area contributed by atoms with Gasteiger partial charge in [0.05, 0.1) is 10.0 Å². The summed E-state index contributed by atoms with van der Waals surface area (Å²) >= 11 is 13.8. The van der Waals surface area contributed by atoms with E-state index in [0.29, 0.717) is 15.8 Å². The minimum atomic E-state index is 0.178. The van der Waals surface area contributed by atoms with Crippen LogP contribution >= 0.6 is 45.8 Å². The van der Waals surface area contributed by atoms with Gasteiger partial charge in [0, 0.05) is 10.7 Å². The van der Waals surface area contributed by atoms with Crippen molar-refractivity contribution in [3.63, 3.8) is 0 Å². The Kier molecular flexibility index (Phi) is 4.58. The Bertz CT molecular complexity index is 304. The molecule has 2 nitrogen and oxygen atoms in total. The molecule has 5 heteroatoms. The van der Waals surface area contributed by atoms with E-state index in [1.807, 2.05) is 0 Å².